The molecule has 0 fully saturated rings. The number of nitrogens with one attached hydrogen (secondary N) is 2. The number of amidine groups is 1. The number of carbonyl (C=O) groups excluding carboxylic acids is 1. The van der Waals surface area contributed by atoms with E-state index in [1.165, 1.54) is 0 Å². The summed E-state index contributed by atoms with van der Waals surface area (Å²) in [5.74, 6) is -0.548. The quantitative estimate of drug-likeness (QED) is 0.514. The molecule has 1 unspecified atom stereocenters. The summed E-state index contributed by atoms with van der Waals surface area (Å²) in [5.41, 5.74) is 4.33. The van der Waals surface area contributed by atoms with Crippen LogP contribution in [0.4, 0.5) is 0 Å². The van der Waals surface area contributed by atoms with Gasteiger partial charge >= 0.3 is 5.97 Å². The van der Waals surface area contributed by atoms with Crippen LogP contribution in [0.5, 0.6) is 0 Å². The van der Waals surface area contributed by atoms with Gasteiger partial charge in [-0.3, -0.25) is 9.79 Å². The topological polar surface area (TPSA) is 90.8 Å². The number of benzene rings is 3. The molecule has 3 aromatic carbocycles. The predicted octanol–water partition coefficient (Wildman–Crippen LogP) is 3.55. The maximum Gasteiger partial charge on any atom is 0.326 e. The first kappa shape index (κ1) is 23.0. The average Bonchev–Trinajstić information content (AvgIpc) is 3.34. The van der Waals surface area contributed by atoms with E-state index in [1.807, 2.05) is 66.7 Å². The van der Waals surface area contributed by atoms with E-state index in [0.717, 1.165) is 41.2 Å². The zero-order valence-electron chi connectivity index (χ0n) is 17.3. The van der Waals surface area contributed by atoms with Crippen LogP contribution in [0, 0.1) is 0 Å². The first-order valence-corrected chi connectivity index (χ1v) is 10.2. The van der Waals surface area contributed by atoms with Crippen molar-refractivity contribution in [2.24, 2.45) is 4.99 Å². The van der Waals surface area contributed by atoms with E-state index in [-0.39, 0.29) is 18.8 Å². The minimum absolute atomic E-state index is 0. The molecule has 1 amide bonds. The minimum atomic E-state index is -1.06. The molecule has 1 aliphatic rings. The minimum Gasteiger partial charge on any atom is -0.480 e. The molecule has 0 radical (unpaired) electrons. The maximum absolute atomic E-state index is 12.6. The summed E-state index contributed by atoms with van der Waals surface area (Å²) in [4.78, 5) is 28.6. The van der Waals surface area contributed by atoms with Crippen molar-refractivity contribution in [2.75, 3.05) is 13.1 Å². The van der Waals surface area contributed by atoms with E-state index in [9.17, 15) is 14.7 Å². The molecule has 6 nitrogen and oxygen atoms in total. The first-order valence-electron chi connectivity index (χ1n) is 10.2. The second-order valence-corrected chi connectivity index (χ2v) is 7.37. The van der Waals surface area contributed by atoms with E-state index in [4.69, 9.17) is 0 Å². The molecule has 164 valence electrons. The molecule has 0 aromatic heterocycles. The molecule has 0 saturated heterocycles. The monoisotopic (exact) mass is 449 g/mol. The maximum atomic E-state index is 12.6. The normalized spacial score (nSPS) is 13.3. The van der Waals surface area contributed by atoms with Gasteiger partial charge < -0.3 is 15.7 Å². The Morgan fingerprint density at radius 2 is 1.50 bits per heavy atom. The van der Waals surface area contributed by atoms with Crippen LogP contribution in [0.15, 0.2) is 83.9 Å². The fourth-order valence-corrected chi connectivity index (χ4v) is 3.52. The van der Waals surface area contributed by atoms with Crippen LogP contribution in [0.2, 0.25) is 0 Å². The van der Waals surface area contributed by atoms with Crippen LogP contribution in [-0.4, -0.2) is 41.9 Å². The van der Waals surface area contributed by atoms with Crippen molar-refractivity contribution in [1.29, 1.82) is 0 Å². The summed E-state index contributed by atoms with van der Waals surface area (Å²) in [5, 5.41) is 15.4. The molecule has 0 spiro atoms. The molecule has 32 heavy (non-hydrogen) atoms. The number of hydrogen-bond acceptors (Lipinski definition) is 4. The highest BCUT2D eigenvalue weighted by Gasteiger charge is 2.21. The third-order valence-electron chi connectivity index (χ3n) is 5.20. The summed E-state index contributed by atoms with van der Waals surface area (Å²) in [6.45, 7) is 1.67. The van der Waals surface area contributed by atoms with Gasteiger partial charge in [0, 0.05) is 24.1 Å². The molecule has 3 aromatic rings. The number of halogens is 1. The third-order valence-corrected chi connectivity index (χ3v) is 5.20. The molecule has 0 saturated carbocycles. The van der Waals surface area contributed by atoms with Crippen molar-refractivity contribution < 1.29 is 14.7 Å². The molecule has 1 atom stereocenters. The van der Waals surface area contributed by atoms with Crippen LogP contribution < -0.4 is 10.6 Å². The Morgan fingerprint density at radius 3 is 2.06 bits per heavy atom. The number of rotatable bonds is 7. The van der Waals surface area contributed by atoms with Crippen molar-refractivity contribution in [2.45, 2.75) is 12.5 Å². The number of aliphatic carboxylic acids is 1. The lowest BCUT2D eigenvalue weighted by atomic mass is 10.0. The lowest BCUT2D eigenvalue weighted by Crippen LogP contribution is -2.42. The fourth-order valence-electron chi connectivity index (χ4n) is 3.52. The Bertz CT molecular complexity index is 1100. The highest BCUT2D eigenvalue weighted by molar-refractivity contribution is 6.00. The highest BCUT2D eigenvalue weighted by atomic mass is 35.5. The number of carboxylic acid groups (broad SMARTS) is 1. The van der Waals surface area contributed by atoms with Gasteiger partial charge in [-0.2, -0.15) is 0 Å². The Labute approximate surface area is 192 Å². The summed E-state index contributed by atoms with van der Waals surface area (Å²) < 4.78 is 0. The number of hydrogen-bond donors (Lipinski definition) is 3. The van der Waals surface area contributed by atoms with Crippen LogP contribution in [0.25, 0.3) is 11.1 Å². The lowest BCUT2D eigenvalue weighted by molar-refractivity contribution is -0.139. The Hall–Kier alpha value is -3.64. The number of carboxylic acids is 1. The van der Waals surface area contributed by atoms with Crippen LogP contribution in [-0.2, 0) is 11.2 Å². The molecule has 1 aliphatic heterocycles. The van der Waals surface area contributed by atoms with Gasteiger partial charge in [0.05, 0.1) is 6.54 Å². The molecule has 1 heterocycles. The zero-order valence-corrected chi connectivity index (χ0v) is 18.1. The molecular weight excluding hydrogens is 426 g/mol. The van der Waals surface area contributed by atoms with E-state index in [0.29, 0.717) is 5.56 Å². The fraction of sp³-hybridized carbons (Fsp3) is 0.160. The van der Waals surface area contributed by atoms with Crippen LogP contribution in [0.1, 0.15) is 21.5 Å². The second kappa shape index (κ2) is 10.6. The molecule has 7 heteroatoms. The predicted molar refractivity (Wildman–Crippen MR) is 128 cm³/mol. The van der Waals surface area contributed by atoms with Crippen LogP contribution in [0.3, 0.4) is 0 Å². The van der Waals surface area contributed by atoms with Gasteiger partial charge in [0.2, 0.25) is 0 Å². The van der Waals surface area contributed by atoms with Gasteiger partial charge in [-0.15, -0.1) is 12.4 Å². The van der Waals surface area contributed by atoms with Crippen molar-refractivity contribution >= 4 is 30.1 Å². The first-order chi connectivity index (χ1) is 15.1. The van der Waals surface area contributed by atoms with Crippen LogP contribution >= 0.6 is 12.4 Å². The van der Waals surface area contributed by atoms with Crippen molar-refractivity contribution in [3.63, 3.8) is 0 Å². The summed E-state index contributed by atoms with van der Waals surface area (Å²) in [6.07, 6.45) is 0.229. The standard InChI is InChI=1S/C25H23N3O3.ClH/c29-24(28-22(25(30)31)16-17-4-2-1-3-5-17)21-12-8-19(9-13-21)18-6-10-20(11-7-18)23-26-14-15-27-23;/h1-13,22H,14-16H2,(H,26,27)(H,28,29)(H,30,31);1H. The number of carbonyl (C=O) groups is 2. The van der Waals surface area contributed by atoms with E-state index in [1.54, 1.807) is 12.1 Å². The zero-order chi connectivity index (χ0) is 21.6. The summed E-state index contributed by atoms with van der Waals surface area (Å²) in [6, 6.07) is 23.5. The SMILES string of the molecule is Cl.O=C(NC(Cc1ccccc1)C(=O)O)c1ccc(-c2ccc(C3=NCCN3)cc2)cc1. The smallest absolute Gasteiger partial charge is 0.326 e. The van der Waals surface area contributed by atoms with Crippen molar-refractivity contribution in [3.05, 3.63) is 95.6 Å². The Morgan fingerprint density at radius 1 is 0.906 bits per heavy atom. The molecule has 4 rings (SSSR count). The second-order valence-electron chi connectivity index (χ2n) is 7.37. The van der Waals surface area contributed by atoms with Gasteiger partial charge in [-0.05, 0) is 28.8 Å². The Balaban J connectivity index is 0.00000289. The van der Waals surface area contributed by atoms with E-state index < -0.39 is 17.9 Å². The number of aliphatic imine (C=N–C) groups is 1. The lowest BCUT2D eigenvalue weighted by Gasteiger charge is -2.15. The van der Waals surface area contributed by atoms with Crippen molar-refractivity contribution in [3.8, 4) is 11.1 Å². The number of nitrogens with zero attached hydrogens (tertiary/aromatic N) is 1. The molecule has 0 bridgehead atoms. The largest absolute Gasteiger partial charge is 0.480 e. The van der Waals surface area contributed by atoms with Gasteiger partial charge in [0.1, 0.15) is 11.9 Å². The molecular formula is C25H24ClN3O3. The van der Waals surface area contributed by atoms with E-state index >= 15 is 0 Å². The van der Waals surface area contributed by atoms with Gasteiger partial charge in [-0.25, -0.2) is 4.79 Å². The van der Waals surface area contributed by atoms with Gasteiger partial charge in [-0.1, -0.05) is 66.7 Å². The highest BCUT2D eigenvalue weighted by Crippen LogP contribution is 2.21. The summed E-state index contributed by atoms with van der Waals surface area (Å²) >= 11 is 0. The van der Waals surface area contributed by atoms with Crippen molar-refractivity contribution in [1.82, 2.24) is 10.6 Å². The van der Waals surface area contributed by atoms with E-state index in [2.05, 4.69) is 15.6 Å². The molecule has 0 aliphatic carbocycles. The molecule has 3 N–H and O–H groups in total. The third kappa shape index (κ3) is 5.53. The van der Waals surface area contributed by atoms with Gasteiger partial charge in [0.15, 0.2) is 0 Å². The number of amides is 1. The Kier molecular flexibility index (Phi) is 7.63. The average molecular weight is 450 g/mol. The van der Waals surface area contributed by atoms with Gasteiger partial charge in [0.25, 0.3) is 5.91 Å². The summed E-state index contributed by atoms with van der Waals surface area (Å²) in [7, 11) is 0.